The van der Waals surface area contributed by atoms with Gasteiger partial charge in [-0.2, -0.15) is 0 Å². The molecule has 2 rings (SSSR count). The van der Waals surface area contributed by atoms with Crippen molar-refractivity contribution in [3.8, 4) is 0 Å². The Hall–Kier alpha value is -0.120. The van der Waals surface area contributed by atoms with E-state index in [9.17, 15) is 0 Å². The van der Waals surface area contributed by atoms with E-state index < -0.39 is 0 Å². The minimum absolute atomic E-state index is 0.386. The second-order valence-electron chi connectivity index (χ2n) is 6.17. The van der Waals surface area contributed by atoms with Crippen LogP contribution in [-0.4, -0.2) is 50.8 Å². The van der Waals surface area contributed by atoms with E-state index in [1.165, 1.54) is 32.1 Å². The Bertz CT molecular complexity index is 239. The molecule has 2 unspecified atom stereocenters. The van der Waals surface area contributed by atoms with Crippen molar-refractivity contribution >= 4 is 0 Å². The Morgan fingerprint density at radius 2 is 2.00 bits per heavy atom. The number of rotatable bonds is 4. The molecule has 1 heterocycles. The molecule has 18 heavy (non-hydrogen) atoms. The lowest BCUT2D eigenvalue weighted by Crippen LogP contribution is -2.53. The highest BCUT2D eigenvalue weighted by atomic mass is 16.5. The standard InChI is InChI=1S/C15H30N2O/c1-4-12-5-7-13(8-6-12)15(16-2)14-11-17(3)9-10-18-14/h12-16H,4-11H2,1-3H3. The van der Waals surface area contributed by atoms with Crippen molar-refractivity contribution in [3.63, 3.8) is 0 Å². The zero-order valence-corrected chi connectivity index (χ0v) is 12.3. The van der Waals surface area contributed by atoms with Crippen LogP contribution in [0.25, 0.3) is 0 Å². The molecule has 2 atom stereocenters. The van der Waals surface area contributed by atoms with Gasteiger partial charge in [-0.15, -0.1) is 0 Å². The molecule has 0 aromatic carbocycles. The van der Waals surface area contributed by atoms with Crippen molar-refractivity contribution in [3.05, 3.63) is 0 Å². The van der Waals surface area contributed by atoms with Crippen LogP contribution in [0, 0.1) is 11.8 Å². The number of likely N-dealkylation sites (N-methyl/N-ethyl adjacent to an activating group) is 2. The molecule has 0 aromatic heterocycles. The first-order valence-electron chi connectivity index (χ1n) is 7.72. The molecule has 0 bridgehead atoms. The minimum atomic E-state index is 0.386. The van der Waals surface area contributed by atoms with E-state index >= 15 is 0 Å². The maximum atomic E-state index is 6.00. The predicted octanol–water partition coefficient (Wildman–Crippen LogP) is 2.12. The Kier molecular flexibility index (Phi) is 5.46. The lowest BCUT2D eigenvalue weighted by Gasteiger charge is -2.41. The average molecular weight is 254 g/mol. The fraction of sp³-hybridized carbons (Fsp3) is 1.00. The van der Waals surface area contributed by atoms with Crippen LogP contribution in [0.15, 0.2) is 0 Å². The van der Waals surface area contributed by atoms with Gasteiger partial charge in [0.15, 0.2) is 0 Å². The molecule has 3 nitrogen and oxygen atoms in total. The fourth-order valence-corrected chi connectivity index (χ4v) is 3.71. The van der Waals surface area contributed by atoms with E-state index in [4.69, 9.17) is 4.74 Å². The molecule has 0 spiro atoms. The van der Waals surface area contributed by atoms with Gasteiger partial charge in [0.25, 0.3) is 0 Å². The van der Waals surface area contributed by atoms with Crippen LogP contribution in [0.5, 0.6) is 0 Å². The molecular formula is C15H30N2O. The van der Waals surface area contributed by atoms with Crippen LogP contribution in [-0.2, 0) is 4.74 Å². The summed E-state index contributed by atoms with van der Waals surface area (Å²) in [6.07, 6.45) is 7.35. The third-order valence-corrected chi connectivity index (χ3v) is 5.01. The van der Waals surface area contributed by atoms with E-state index in [1.54, 1.807) is 0 Å². The highest BCUT2D eigenvalue weighted by molar-refractivity contribution is 4.89. The van der Waals surface area contributed by atoms with E-state index in [0.29, 0.717) is 12.1 Å². The number of hydrogen-bond acceptors (Lipinski definition) is 3. The smallest absolute Gasteiger partial charge is 0.0857 e. The zero-order chi connectivity index (χ0) is 13.0. The van der Waals surface area contributed by atoms with Crippen molar-refractivity contribution in [1.82, 2.24) is 10.2 Å². The van der Waals surface area contributed by atoms with Gasteiger partial charge in [0.1, 0.15) is 0 Å². The molecule has 1 N–H and O–H groups in total. The third-order valence-electron chi connectivity index (χ3n) is 5.01. The van der Waals surface area contributed by atoms with E-state index in [0.717, 1.165) is 31.5 Å². The quantitative estimate of drug-likeness (QED) is 0.832. The van der Waals surface area contributed by atoms with Crippen LogP contribution < -0.4 is 5.32 Å². The Balaban J connectivity index is 1.88. The third kappa shape index (κ3) is 3.46. The van der Waals surface area contributed by atoms with Crippen LogP contribution in [0.3, 0.4) is 0 Å². The summed E-state index contributed by atoms with van der Waals surface area (Å²) in [7, 11) is 4.31. The first-order chi connectivity index (χ1) is 8.74. The van der Waals surface area contributed by atoms with Crippen LogP contribution >= 0.6 is 0 Å². The molecule has 106 valence electrons. The SMILES string of the molecule is CCC1CCC(C(NC)C2CN(C)CCO2)CC1. The Morgan fingerprint density at radius 3 is 2.56 bits per heavy atom. The van der Waals surface area contributed by atoms with Gasteiger partial charge in [-0.3, -0.25) is 0 Å². The predicted molar refractivity (Wildman–Crippen MR) is 75.8 cm³/mol. The molecule has 2 fully saturated rings. The summed E-state index contributed by atoms with van der Waals surface area (Å²) in [6.45, 7) is 5.39. The number of nitrogens with one attached hydrogen (secondary N) is 1. The zero-order valence-electron chi connectivity index (χ0n) is 12.3. The summed E-state index contributed by atoms with van der Waals surface area (Å²) in [6, 6.07) is 0.547. The largest absolute Gasteiger partial charge is 0.374 e. The van der Waals surface area contributed by atoms with Gasteiger partial charge in [0.05, 0.1) is 12.7 Å². The monoisotopic (exact) mass is 254 g/mol. The lowest BCUT2D eigenvalue weighted by molar-refractivity contribution is -0.0521. The van der Waals surface area contributed by atoms with Gasteiger partial charge in [0, 0.05) is 19.1 Å². The second-order valence-corrected chi connectivity index (χ2v) is 6.17. The van der Waals surface area contributed by atoms with Gasteiger partial charge in [-0.05, 0) is 38.8 Å². The van der Waals surface area contributed by atoms with Crippen molar-refractivity contribution in [2.45, 2.75) is 51.2 Å². The summed E-state index contributed by atoms with van der Waals surface area (Å²) in [5.74, 6) is 1.79. The highest BCUT2D eigenvalue weighted by Crippen LogP contribution is 2.34. The molecule has 1 aliphatic carbocycles. The van der Waals surface area contributed by atoms with Crippen molar-refractivity contribution < 1.29 is 4.74 Å². The topological polar surface area (TPSA) is 24.5 Å². The Labute approximate surface area is 112 Å². The Morgan fingerprint density at radius 1 is 1.28 bits per heavy atom. The van der Waals surface area contributed by atoms with Crippen LogP contribution in [0.1, 0.15) is 39.0 Å². The average Bonchev–Trinajstić information content (AvgIpc) is 2.40. The molecule has 0 radical (unpaired) electrons. The molecule has 2 aliphatic rings. The summed E-state index contributed by atoms with van der Waals surface area (Å²) in [4.78, 5) is 2.40. The number of nitrogens with zero attached hydrogens (tertiary/aromatic N) is 1. The van der Waals surface area contributed by atoms with E-state index in [-0.39, 0.29) is 0 Å². The second kappa shape index (κ2) is 6.88. The van der Waals surface area contributed by atoms with Gasteiger partial charge in [-0.1, -0.05) is 26.2 Å². The summed E-state index contributed by atoms with van der Waals surface area (Å²) in [5, 5.41) is 3.54. The minimum Gasteiger partial charge on any atom is -0.374 e. The number of hydrogen-bond donors (Lipinski definition) is 1. The summed E-state index contributed by atoms with van der Waals surface area (Å²) >= 11 is 0. The van der Waals surface area contributed by atoms with Crippen LogP contribution in [0.2, 0.25) is 0 Å². The van der Waals surface area contributed by atoms with Crippen molar-refractivity contribution in [2.24, 2.45) is 11.8 Å². The van der Waals surface area contributed by atoms with Gasteiger partial charge >= 0.3 is 0 Å². The van der Waals surface area contributed by atoms with Gasteiger partial charge in [-0.25, -0.2) is 0 Å². The van der Waals surface area contributed by atoms with E-state index in [2.05, 4.69) is 31.2 Å². The molecular weight excluding hydrogens is 224 g/mol. The summed E-state index contributed by atoms with van der Waals surface area (Å²) < 4.78 is 6.00. The molecule has 1 saturated heterocycles. The first-order valence-corrected chi connectivity index (χ1v) is 7.72. The van der Waals surface area contributed by atoms with Crippen molar-refractivity contribution in [1.29, 1.82) is 0 Å². The lowest BCUT2D eigenvalue weighted by atomic mass is 9.76. The maximum Gasteiger partial charge on any atom is 0.0857 e. The fourth-order valence-electron chi connectivity index (χ4n) is 3.71. The van der Waals surface area contributed by atoms with Crippen molar-refractivity contribution in [2.75, 3.05) is 33.8 Å². The number of ether oxygens (including phenoxy) is 1. The van der Waals surface area contributed by atoms with Gasteiger partial charge < -0.3 is 15.0 Å². The van der Waals surface area contributed by atoms with Gasteiger partial charge in [0.2, 0.25) is 0 Å². The molecule has 3 heteroatoms. The maximum absolute atomic E-state index is 6.00. The number of morpholine rings is 1. The summed E-state index contributed by atoms with van der Waals surface area (Å²) in [5.41, 5.74) is 0. The highest BCUT2D eigenvalue weighted by Gasteiger charge is 2.33. The molecule has 0 amide bonds. The first kappa shape index (κ1) is 14.3. The molecule has 1 saturated carbocycles. The van der Waals surface area contributed by atoms with Crippen LogP contribution in [0.4, 0.5) is 0 Å². The molecule has 1 aliphatic heterocycles. The normalized spacial score (nSPS) is 36.5. The molecule has 0 aromatic rings. The van der Waals surface area contributed by atoms with E-state index in [1.807, 2.05) is 0 Å².